The van der Waals surface area contributed by atoms with E-state index in [-0.39, 0.29) is 18.3 Å². The summed E-state index contributed by atoms with van der Waals surface area (Å²) in [6.45, 7) is 4.10. The first-order chi connectivity index (χ1) is 7.43. The highest BCUT2D eigenvalue weighted by molar-refractivity contribution is 5.75. The van der Waals surface area contributed by atoms with Gasteiger partial charge < -0.3 is 21.2 Å². The van der Waals surface area contributed by atoms with Crippen molar-refractivity contribution < 1.29 is 9.21 Å². The molecule has 7 nitrogen and oxygen atoms in total. The Morgan fingerprint density at radius 2 is 2.19 bits per heavy atom. The first-order valence-corrected chi connectivity index (χ1v) is 5.02. The molecule has 0 radical (unpaired) electrons. The molecule has 0 saturated heterocycles. The van der Waals surface area contributed by atoms with Gasteiger partial charge in [0.1, 0.15) is 0 Å². The van der Waals surface area contributed by atoms with Crippen LogP contribution in [0.5, 0.6) is 0 Å². The summed E-state index contributed by atoms with van der Waals surface area (Å²) in [5, 5.41) is 10.5. The zero-order valence-electron chi connectivity index (χ0n) is 9.49. The highest BCUT2D eigenvalue weighted by Gasteiger charge is 2.22. The monoisotopic (exact) mass is 227 g/mol. The molecule has 0 aliphatic carbocycles. The van der Waals surface area contributed by atoms with Crippen molar-refractivity contribution in [1.82, 2.24) is 10.2 Å². The largest absolute Gasteiger partial charge is 0.408 e. The molecule has 0 fully saturated rings. The number of nitrogens with one attached hydrogen (secondary N) is 1. The molecule has 0 aliphatic rings. The molecule has 0 aliphatic heterocycles. The van der Waals surface area contributed by atoms with Crippen LogP contribution >= 0.6 is 0 Å². The predicted molar refractivity (Wildman–Crippen MR) is 58.6 cm³/mol. The van der Waals surface area contributed by atoms with E-state index in [1.54, 1.807) is 0 Å². The molecule has 1 aromatic rings. The van der Waals surface area contributed by atoms with E-state index in [1.165, 1.54) is 0 Å². The summed E-state index contributed by atoms with van der Waals surface area (Å²) >= 11 is 0. The van der Waals surface area contributed by atoms with E-state index < -0.39 is 5.54 Å². The van der Waals surface area contributed by atoms with Crippen molar-refractivity contribution in [2.24, 2.45) is 11.5 Å². The Kier molecular flexibility index (Phi) is 3.83. The minimum atomic E-state index is -0.516. The topological polar surface area (TPSA) is 120 Å². The van der Waals surface area contributed by atoms with Gasteiger partial charge in [0.15, 0.2) is 0 Å². The third-order valence-corrected chi connectivity index (χ3v) is 1.89. The van der Waals surface area contributed by atoms with Gasteiger partial charge in [0.2, 0.25) is 11.8 Å². The summed E-state index contributed by atoms with van der Waals surface area (Å²) in [6, 6.07) is 0.273. The number of carbonyl (C=O) groups excluding carboxylic acids is 1. The number of rotatable bonds is 6. The predicted octanol–water partition coefficient (Wildman–Crippen LogP) is -0.363. The van der Waals surface area contributed by atoms with E-state index in [0.717, 1.165) is 0 Å². The van der Waals surface area contributed by atoms with E-state index in [4.69, 9.17) is 15.9 Å². The van der Waals surface area contributed by atoms with Gasteiger partial charge in [-0.1, -0.05) is 5.10 Å². The van der Waals surface area contributed by atoms with Crippen molar-refractivity contribution in [3.05, 3.63) is 5.89 Å². The second kappa shape index (κ2) is 4.93. The lowest BCUT2D eigenvalue weighted by Gasteiger charge is -2.22. The zero-order chi connectivity index (χ0) is 12.2. The standard InChI is InChI=1S/C9H17N5O2/c1-9(2,5-6(11)15)12-8-14-13-7(16-8)3-4-10/h3-5,10H2,1-2H3,(H2,11,15)(H,12,14). The Labute approximate surface area is 93.6 Å². The van der Waals surface area contributed by atoms with E-state index in [2.05, 4.69) is 15.5 Å². The molecule has 0 atom stereocenters. The molecule has 0 saturated carbocycles. The van der Waals surface area contributed by atoms with Gasteiger partial charge in [-0.2, -0.15) is 0 Å². The minimum Gasteiger partial charge on any atom is -0.408 e. The highest BCUT2D eigenvalue weighted by atomic mass is 16.4. The molecule has 7 heteroatoms. The molecule has 90 valence electrons. The molecule has 1 heterocycles. The van der Waals surface area contributed by atoms with Crippen LogP contribution in [0.25, 0.3) is 0 Å². The lowest BCUT2D eigenvalue weighted by molar-refractivity contribution is -0.118. The van der Waals surface area contributed by atoms with Crippen LogP contribution in [0.3, 0.4) is 0 Å². The maximum absolute atomic E-state index is 10.8. The van der Waals surface area contributed by atoms with E-state index in [1.807, 2.05) is 13.8 Å². The molecule has 1 amide bonds. The summed E-state index contributed by atoms with van der Waals surface area (Å²) < 4.78 is 5.28. The van der Waals surface area contributed by atoms with E-state index in [0.29, 0.717) is 18.9 Å². The molecule has 0 spiro atoms. The normalized spacial score (nSPS) is 11.4. The van der Waals surface area contributed by atoms with Gasteiger partial charge in [-0.15, -0.1) is 5.10 Å². The Morgan fingerprint density at radius 3 is 2.75 bits per heavy atom. The first-order valence-electron chi connectivity index (χ1n) is 5.02. The molecule has 0 unspecified atom stereocenters. The van der Waals surface area contributed by atoms with Gasteiger partial charge in [-0.25, -0.2) is 0 Å². The molecule has 0 aromatic carbocycles. The van der Waals surface area contributed by atoms with Crippen molar-refractivity contribution in [2.75, 3.05) is 11.9 Å². The SMILES string of the molecule is CC(C)(CC(N)=O)Nc1nnc(CCN)o1. The zero-order valence-corrected chi connectivity index (χ0v) is 9.49. The summed E-state index contributed by atoms with van der Waals surface area (Å²) in [5.74, 6) is 0.0825. The van der Waals surface area contributed by atoms with Gasteiger partial charge >= 0.3 is 6.01 Å². The Hall–Kier alpha value is -1.63. The lowest BCUT2D eigenvalue weighted by atomic mass is 10.0. The number of carbonyl (C=O) groups is 1. The third-order valence-electron chi connectivity index (χ3n) is 1.89. The Morgan fingerprint density at radius 1 is 1.50 bits per heavy atom. The van der Waals surface area contributed by atoms with Gasteiger partial charge in [0.25, 0.3) is 0 Å². The second-order valence-corrected chi connectivity index (χ2v) is 4.19. The fourth-order valence-electron chi connectivity index (χ4n) is 1.30. The summed E-state index contributed by atoms with van der Waals surface area (Å²) in [7, 11) is 0. The lowest BCUT2D eigenvalue weighted by Crippen LogP contribution is -2.36. The van der Waals surface area contributed by atoms with Crippen LogP contribution in [0.2, 0.25) is 0 Å². The van der Waals surface area contributed by atoms with Crippen molar-refractivity contribution in [3.8, 4) is 0 Å². The first kappa shape index (κ1) is 12.4. The number of hydrogen-bond acceptors (Lipinski definition) is 6. The van der Waals surface area contributed by atoms with E-state index in [9.17, 15) is 4.79 Å². The average molecular weight is 227 g/mol. The number of hydrogen-bond donors (Lipinski definition) is 3. The highest BCUT2D eigenvalue weighted by Crippen LogP contribution is 2.16. The van der Waals surface area contributed by atoms with Crippen molar-refractivity contribution in [2.45, 2.75) is 32.2 Å². The van der Waals surface area contributed by atoms with Crippen LogP contribution in [-0.4, -0.2) is 28.2 Å². The third kappa shape index (κ3) is 3.85. The number of aromatic nitrogens is 2. The van der Waals surface area contributed by atoms with Crippen LogP contribution in [-0.2, 0) is 11.2 Å². The molecule has 5 N–H and O–H groups in total. The smallest absolute Gasteiger partial charge is 0.315 e. The number of primary amides is 1. The molecule has 0 bridgehead atoms. The van der Waals surface area contributed by atoms with Crippen molar-refractivity contribution in [3.63, 3.8) is 0 Å². The van der Waals surface area contributed by atoms with Crippen LogP contribution < -0.4 is 16.8 Å². The summed E-state index contributed by atoms with van der Waals surface area (Å²) in [5.41, 5.74) is 9.96. The van der Waals surface area contributed by atoms with Crippen molar-refractivity contribution >= 4 is 11.9 Å². The minimum absolute atomic E-state index is 0.182. The van der Waals surface area contributed by atoms with Crippen LogP contribution in [0.15, 0.2) is 4.42 Å². The molecular formula is C9H17N5O2. The maximum Gasteiger partial charge on any atom is 0.315 e. The van der Waals surface area contributed by atoms with E-state index >= 15 is 0 Å². The summed E-state index contributed by atoms with van der Waals surface area (Å²) in [6.07, 6.45) is 0.715. The van der Waals surface area contributed by atoms with Gasteiger partial charge in [-0.05, 0) is 13.8 Å². The average Bonchev–Trinajstić information content (AvgIpc) is 2.49. The molecule has 1 aromatic heterocycles. The number of amides is 1. The second-order valence-electron chi connectivity index (χ2n) is 4.19. The van der Waals surface area contributed by atoms with Crippen LogP contribution in [0.1, 0.15) is 26.2 Å². The molecule has 16 heavy (non-hydrogen) atoms. The Balaban J connectivity index is 2.61. The van der Waals surface area contributed by atoms with Gasteiger partial charge in [-0.3, -0.25) is 4.79 Å². The quantitative estimate of drug-likeness (QED) is 0.610. The number of anilines is 1. The van der Waals surface area contributed by atoms with Crippen molar-refractivity contribution in [1.29, 1.82) is 0 Å². The maximum atomic E-state index is 10.8. The number of nitrogens with zero attached hydrogens (tertiary/aromatic N) is 2. The number of nitrogens with two attached hydrogens (primary N) is 2. The molecular weight excluding hydrogens is 210 g/mol. The fourth-order valence-corrected chi connectivity index (χ4v) is 1.30. The Bertz CT molecular complexity index is 361. The van der Waals surface area contributed by atoms with Gasteiger partial charge in [0.05, 0.1) is 0 Å². The van der Waals surface area contributed by atoms with Gasteiger partial charge in [0, 0.05) is 24.9 Å². The molecule has 1 rings (SSSR count). The van der Waals surface area contributed by atoms with Crippen LogP contribution in [0.4, 0.5) is 6.01 Å². The van der Waals surface area contributed by atoms with Crippen LogP contribution in [0, 0.1) is 0 Å². The fraction of sp³-hybridized carbons (Fsp3) is 0.667. The summed E-state index contributed by atoms with van der Waals surface area (Å²) in [4.78, 5) is 10.8.